The minimum absolute atomic E-state index is 0.0224. The third kappa shape index (κ3) is 6.56. The maximum Gasteiger partial charge on any atom is 0.242 e. The fraction of sp³-hybridized carbons (Fsp3) is 0.385. The van der Waals surface area contributed by atoms with Gasteiger partial charge in [0.2, 0.25) is 11.8 Å². The van der Waals surface area contributed by atoms with Gasteiger partial charge in [0.05, 0.1) is 18.5 Å². The number of aromatic nitrogens is 2. The Morgan fingerprint density at radius 3 is 2.84 bits per heavy atom. The summed E-state index contributed by atoms with van der Waals surface area (Å²) in [6.07, 6.45) is 1.92. The molecule has 0 radical (unpaired) electrons. The van der Waals surface area contributed by atoms with Gasteiger partial charge in [-0.25, -0.2) is 14.4 Å². The van der Waals surface area contributed by atoms with E-state index in [1.165, 1.54) is 6.33 Å². The Morgan fingerprint density at radius 2 is 2.05 bits per heavy atom. The summed E-state index contributed by atoms with van der Waals surface area (Å²) in [6.45, 7) is 3.59. The molecule has 0 aliphatic carbocycles. The number of hydrogen-bond acceptors (Lipinski definition) is 7. The molecule has 0 saturated carbocycles. The van der Waals surface area contributed by atoms with Gasteiger partial charge in [0.15, 0.2) is 11.5 Å². The number of rotatable bonds is 4. The van der Waals surface area contributed by atoms with E-state index in [9.17, 15) is 14.0 Å². The molecule has 2 aromatic carbocycles. The zero-order chi connectivity index (χ0) is 26.4. The molecule has 37 heavy (non-hydrogen) atoms. The molecule has 0 spiro atoms. The number of benzene rings is 2. The van der Waals surface area contributed by atoms with E-state index in [0.29, 0.717) is 57.5 Å². The molecular formula is C26H29ClFN5O4. The van der Waals surface area contributed by atoms with E-state index < -0.39 is 12.7 Å². The first kappa shape index (κ1) is 26.4. The van der Waals surface area contributed by atoms with Crippen LogP contribution < -0.4 is 25.4 Å². The van der Waals surface area contributed by atoms with Crippen LogP contribution in [-0.2, 0) is 16.0 Å². The van der Waals surface area contributed by atoms with E-state index in [0.717, 1.165) is 0 Å². The van der Waals surface area contributed by atoms with Gasteiger partial charge in [-0.05, 0) is 36.1 Å². The van der Waals surface area contributed by atoms with E-state index in [1.807, 2.05) is 13.8 Å². The van der Waals surface area contributed by atoms with Crippen molar-refractivity contribution in [1.29, 1.82) is 0 Å². The summed E-state index contributed by atoms with van der Waals surface area (Å²) in [5, 5.41) is 10.1. The average Bonchev–Trinajstić information content (AvgIpc) is 2.87. The Balaban J connectivity index is 1.77. The highest BCUT2D eigenvalue weighted by Gasteiger charge is 2.24. The normalized spacial score (nSPS) is 16.8. The van der Waals surface area contributed by atoms with Crippen molar-refractivity contribution in [3.63, 3.8) is 0 Å². The largest absolute Gasteiger partial charge is 0.490 e. The monoisotopic (exact) mass is 529 g/mol. The number of carbonyl (C=O) groups is 2. The van der Waals surface area contributed by atoms with Gasteiger partial charge in [-0.15, -0.1) is 0 Å². The Hall–Kier alpha value is -3.66. The topological polar surface area (TPSA) is 114 Å². The van der Waals surface area contributed by atoms with Gasteiger partial charge in [0.25, 0.3) is 0 Å². The number of nitrogens with zero attached hydrogens (tertiary/aromatic N) is 2. The number of nitrogens with one attached hydrogen (secondary N) is 3. The molecule has 0 saturated heterocycles. The van der Waals surface area contributed by atoms with E-state index >= 15 is 0 Å². The molecule has 0 fully saturated rings. The number of alkyl halides is 1. The van der Waals surface area contributed by atoms with Crippen molar-refractivity contribution in [2.24, 2.45) is 5.92 Å². The molecule has 1 aromatic heterocycles. The van der Waals surface area contributed by atoms with Crippen LogP contribution in [-0.4, -0.2) is 54.3 Å². The maximum atomic E-state index is 13.0. The molecule has 3 aromatic rings. The standard InChI is InChI=1S/C26H29ClFN5O4/c1-15(2)24-26(35)29-7-3-8-36-21-12-18-20(13-22(21)37-9-6-28)30-14-31-25(18)32-19-11-17(27)5-4-16(19)10-23(34)33-24/h4-5,11-15,24H,3,6-10H2,1-2H3,(H,29,35)(H,33,34)(H,30,31,32)/t24-/m1/s1. The average molecular weight is 530 g/mol. The summed E-state index contributed by atoms with van der Waals surface area (Å²) in [5.74, 6) is 0.551. The van der Waals surface area contributed by atoms with Crippen molar-refractivity contribution in [3.05, 3.63) is 47.2 Å². The molecule has 2 heterocycles. The van der Waals surface area contributed by atoms with Crippen LogP contribution in [0.2, 0.25) is 5.02 Å². The molecule has 3 N–H and O–H groups in total. The second-order valence-corrected chi connectivity index (χ2v) is 9.40. The second-order valence-electron chi connectivity index (χ2n) is 8.96. The number of anilines is 2. The zero-order valence-corrected chi connectivity index (χ0v) is 21.4. The quantitative estimate of drug-likeness (QED) is 0.468. The lowest BCUT2D eigenvalue weighted by molar-refractivity contribution is -0.129. The van der Waals surface area contributed by atoms with Crippen molar-refractivity contribution >= 4 is 45.8 Å². The van der Waals surface area contributed by atoms with E-state index in [-0.39, 0.29) is 37.4 Å². The third-order valence-corrected chi connectivity index (χ3v) is 6.09. The summed E-state index contributed by atoms with van der Waals surface area (Å²) in [4.78, 5) is 34.5. The van der Waals surface area contributed by atoms with Crippen LogP contribution in [0.4, 0.5) is 15.9 Å². The molecule has 2 amide bonds. The number of amides is 2. The highest BCUT2D eigenvalue weighted by Crippen LogP contribution is 2.36. The number of ether oxygens (including phenoxy) is 2. The summed E-state index contributed by atoms with van der Waals surface area (Å²) in [7, 11) is 0. The van der Waals surface area contributed by atoms with E-state index in [1.54, 1.807) is 30.3 Å². The second kappa shape index (κ2) is 12.1. The van der Waals surface area contributed by atoms with Crippen molar-refractivity contribution in [3.8, 4) is 11.5 Å². The summed E-state index contributed by atoms with van der Waals surface area (Å²) < 4.78 is 24.4. The fourth-order valence-corrected chi connectivity index (χ4v) is 4.16. The van der Waals surface area contributed by atoms with Crippen LogP contribution in [0.15, 0.2) is 36.7 Å². The summed E-state index contributed by atoms with van der Waals surface area (Å²) >= 11 is 6.27. The van der Waals surface area contributed by atoms with Crippen LogP contribution in [0.5, 0.6) is 11.5 Å². The van der Waals surface area contributed by atoms with Gasteiger partial charge in [0.1, 0.15) is 31.5 Å². The van der Waals surface area contributed by atoms with Crippen LogP contribution in [0.3, 0.4) is 0 Å². The molecule has 4 rings (SSSR count). The summed E-state index contributed by atoms with van der Waals surface area (Å²) in [5.41, 5.74) is 1.81. The van der Waals surface area contributed by atoms with Crippen LogP contribution >= 0.6 is 11.6 Å². The number of halogens is 2. The van der Waals surface area contributed by atoms with Gasteiger partial charge < -0.3 is 25.4 Å². The lowest BCUT2D eigenvalue weighted by Gasteiger charge is -2.22. The maximum absolute atomic E-state index is 13.0. The highest BCUT2D eigenvalue weighted by molar-refractivity contribution is 6.31. The number of hydrogen-bond donors (Lipinski definition) is 3. The van der Waals surface area contributed by atoms with E-state index in [4.69, 9.17) is 21.1 Å². The zero-order valence-electron chi connectivity index (χ0n) is 20.6. The fourth-order valence-electron chi connectivity index (χ4n) is 3.99. The van der Waals surface area contributed by atoms with Crippen LogP contribution in [0.25, 0.3) is 10.9 Å². The van der Waals surface area contributed by atoms with Crippen molar-refractivity contribution < 1.29 is 23.5 Å². The molecule has 9 nitrogen and oxygen atoms in total. The first-order chi connectivity index (χ1) is 17.9. The van der Waals surface area contributed by atoms with Crippen LogP contribution in [0, 0.1) is 5.92 Å². The van der Waals surface area contributed by atoms with Crippen molar-refractivity contribution in [2.45, 2.75) is 32.7 Å². The minimum Gasteiger partial charge on any atom is -0.490 e. The van der Waals surface area contributed by atoms with Crippen molar-refractivity contribution in [2.75, 3.05) is 31.7 Å². The number of carbonyl (C=O) groups excluding carboxylic acids is 2. The number of fused-ring (bicyclic) bond motifs is 2. The Kier molecular flexibility index (Phi) is 8.60. The van der Waals surface area contributed by atoms with E-state index in [2.05, 4.69) is 25.9 Å². The molecular weight excluding hydrogens is 501 g/mol. The first-order valence-corrected chi connectivity index (χ1v) is 12.5. The molecule has 2 bridgehead atoms. The molecule has 1 aliphatic heterocycles. The predicted molar refractivity (Wildman–Crippen MR) is 139 cm³/mol. The predicted octanol–water partition coefficient (Wildman–Crippen LogP) is 3.96. The Bertz CT molecular complexity index is 1290. The highest BCUT2D eigenvalue weighted by atomic mass is 35.5. The molecule has 196 valence electrons. The van der Waals surface area contributed by atoms with Gasteiger partial charge >= 0.3 is 0 Å². The minimum atomic E-state index is -0.690. The lowest BCUT2D eigenvalue weighted by atomic mass is 10.0. The molecule has 0 unspecified atom stereocenters. The Labute approximate surface area is 219 Å². The molecule has 11 heteroatoms. The molecule has 1 aliphatic rings. The van der Waals surface area contributed by atoms with Gasteiger partial charge in [-0.1, -0.05) is 31.5 Å². The van der Waals surface area contributed by atoms with Gasteiger partial charge in [-0.2, -0.15) is 0 Å². The van der Waals surface area contributed by atoms with Gasteiger partial charge in [0, 0.05) is 28.7 Å². The van der Waals surface area contributed by atoms with Crippen LogP contribution in [0.1, 0.15) is 25.8 Å². The van der Waals surface area contributed by atoms with Crippen molar-refractivity contribution in [1.82, 2.24) is 20.6 Å². The first-order valence-electron chi connectivity index (χ1n) is 12.1. The summed E-state index contributed by atoms with van der Waals surface area (Å²) in [6, 6.07) is 7.86. The smallest absolute Gasteiger partial charge is 0.242 e. The third-order valence-electron chi connectivity index (χ3n) is 5.86. The lowest BCUT2D eigenvalue weighted by Crippen LogP contribution is -2.50. The molecule has 1 atom stereocenters. The SMILES string of the molecule is CC(C)[C@H]1NC(=O)Cc2ccc(Cl)cc2Nc2ncnc3cc(OCCF)c(cc23)OCCCNC1=O. The Morgan fingerprint density at radius 1 is 1.22 bits per heavy atom. The van der Waals surface area contributed by atoms with Gasteiger partial charge in [-0.3, -0.25) is 9.59 Å².